The van der Waals surface area contributed by atoms with Gasteiger partial charge in [0.25, 0.3) is 0 Å². The standard InChI is InChI=1S/C13H13BrCl2N2O3/c14-6-4-8(15)11(9(16)5-6)18-13(21)17-10-3-1-2-7(10)12(19)20/h4-5,7,10H,1-3H2,(H,19,20)(H2,17,18,21). The molecule has 2 atom stereocenters. The second kappa shape index (κ2) is 6.85. The Morgan fingerprint density at radius 2 is 1.86 bits per heavy atom. The van der Waals surface area contributed by atoms with Crippen LogP contribution < -0.4 is 10.6 Å². The first-order chi connectivity index (χ1) is 9.88. The number of urea groups is 1. The van der Waals surface area contributed by atoms with Crippen LogP contribution in [0, 0.1) is 5.92 Å². The molecule has 0 aliphatic heterocycles. The van der Waals surface area contributed by atoms with Crippen molar-refractivity contribution >= 4 is 56.8 Å². The van der Waals surface area contributed by atoms with Crippen molar-refractivity contribution in [2.24, 2.45) is 5.92 Å². The summed E-state index contributed by atoms with van der Waals surface area (Å²) in [6.07, 6.45) is 1.99. The normalized spacial score (nSPS) is 21.1. The van der Waals surface area contributed by atoms with Gasteiger partial charge in [-0.25, -0.2) is 4.79 Å². The van der Waals surface area contributed by atoms with Crippen molar-refractivity contribution in [2.75, 3.05) is 5.32 Å². The monoisotopic (exact) mass is 394 g/mol. The fourth-order valence-corrected chi connectivity index (χ4v) is 3.71. The number of carboxylic acids is 1. The summed E-state index contributed by atoms with van der Waals surface area (Å²) < 4.78 is 0.699. The second-order valence-electron chi connectivity index (χ2n) is 4.83. The van der Waals surface area contributed by atoms with E-state index in [9.17, 15) is 9.59 Å². The minimum atomic E-state index is -0.891. The average molecular weight is 396 g/mol. The van der Waals surface area contributed by atoms with E-state index in [-0.39, 0.29) is 6.04 Å². The van der Waals surface area contributed by atoms with E-state index in [1.54, 1.807) is 12.1 Å². The highest BCUT2D eigenvalue weighted by Gasteiger charge is 2.34. The molecule has 1 aromatic rings. The summed E-state index contributed by atoms with van der Waals surface area (Å²) in [5, 5.41) is 14.9. The van der Waals surface area contributed by atoms with Gasteiger partial charge in [-0.1, -0.05) is 45.6 Å². The van der Waals surface area contributed by atoms with Crippen LogP contribution in [0.5, 0.6) is 0 Å². The van der Waals surface area contributed by atoms with E-state index in [0.29, 0.717) is 33.0 Å². The fraction of sp³-hybridized carbons (Fsp3) is 0.385. The molecule has 2 amide bonds. The molecule has 0 radical (unpaired) electrons. The molecular weight excluding hydrogens is 383 g/mol. The maximum atomic E-state index is 12.0. The SMILES string of the molecule is O=C(Nc1c(Cl)cc(Br)cc1Cl)NC1CCCC1C(=O)O. The van der Waals surface area contributed by atoms with Gasteiger partial charge in [-0.15, -0.1) is 0 Å². The molecule has 3 N–H and O–H groups in total. The highest BCUT2D eigenvalue weighted by Crippen LogP contribution is 2.34. The summed E-state index contributed by atoms with van der Waals surface area (Å²) in [6.45, 7) is 0. The number of benzene rings is 1. The maximum Gasteiger partial charge on any atom is 0.319 e. The van der Waals surface area contributed by atoms with Gasteiger partial charge in [-0.2, -0.15) is 0 Å². The minimum absolute atomic E-state index is 0.295. The number of hydrogen-bond donors (Lipinski definition) is 3. The third-order valence-corrected chi connectivity index (χ3v) is 4.45. The highest BCUT2D eigenvalue weighted by atomic mass is 79.9. The molecule has 0 bridgehead atoms. The molecule has 1 aromatic carbocycles. The van der Waals surface area contributed by atoms with E-state index in [0.717, 1.165) is 6.42 Å². The third kappa shape index (κ3) is 4.02. The van der Waals surface area contributed by atoms with Crippen LogP contribution in [0.25, 0.3) is 0 Å². The number of hydrogen-bond acceptors (Lipinski definition) is 2. The van der Waals surface area contributed by atoms with Crippen molar-refractivity contribution in [3.8, 4) is 0 Å². The van der Waals surface area contributed by atoms with Crippen molar-refractivity contribution in [3.63, 3.8) is 0 Å². The van der Waals surface area contributed by atoms with Crippen LogP contribution in [0.15, 0.2) is 16.6 Å². The average Bonchev–Trinajstić information content (AvgIpc) is 2.82. The Kier molecular flexibility index (Phi) is 5.35. The molecule has 21 heavy (non-hydrogen) atoms. The van der Waals surface area contributed by atoms with E-state index in [1.165, 1.54) is 0 Å². The molecule has 8 heteroatoms. The minimum Gasteiger partial charge on any atom is -0.481 e. The Labute approximate surface area is 140 Å². The van der Waals surface area contributed by atoms with Crippen molar-refractivity contribution in [3.05, 3.63) is 26.7 Å². The molecule has 2 unspecified atom stereocenters. The lowest BCUT2D eigenvalue weighted by Gasteiger charge is -2.18. The van der Waals surface area contributed by atoms with Gasteiger partial charge in [0.15, 0.2) is 0 Å². The van der Waals surface area contributed by atoms with E-state index < -0.39 is 17.9 Å². The first-order valence-electron chi connectivity index (χ1n) is 6.33. The number of nitrogens with one attached hydrogen (secondary N) is 2. The van der Waals surface area contributed by atoms with Crippen molar-refractivity contribution < 1.29 is 14.7 Å². The van der Waals surface area contributed by atoms with E-state index in [2.05, 4.69) is 26.6 Å². The molecule has 5 nitrogen and oxygen atoms in total. The van der Waals surface area contributed by atoms with Gasteiger partial charge in [-0.3, -0.25) is 4.79 Å². The van der Waals surface area contributed by atoms with E-state index in [4.69, 9.17) is 28.3 Å². The van der Waals surface area contributed by atoms with Crippen molar-refractivity contribution in [1.82, 2.24) is 5.32 Å². The van der Waals surface area contributed by atoms with E-state index >= 15 is 0 Å². The number of anilines is 1. The zero-order chi connectivity index (χ0) is 15.6. The molecule has 0 heterocycles. The maximum absolute atomic E-state index is 12.0. The van der Waals surface area contributed by atoms with Gasteiger partial charge in [0.2, 0.25) is 0 Å². The summed E-state index contributed by atoms with van der Waals surface area (Å²) >= 11 is 15.3. The van der Waals surface area contributed by atoms with Gasteiger partial charge in [0.05, 0.1) is 21.7 Å². The van der Waals surface area contributed by atoms with Crippen LogP contribution in [0.3, 0.4) is 0 Å². The molecule has 1 aliphatic rings. The predicted octanol–water partition coefficient (Wildman–Crippen LogP) is 4.13. The summed E-state index contributed by atoms with van der Waals surface area (Å²) in [5.74, 6) is -1.44. The molecule has 0 spiro atoms. The van der Waals surface area contributed by atoms with Crippen molar-refractivity contribution in [2.45, 2.75) is 25.3 Å². The lowest BCUT2D eigenvalue weighted by atomic mass is 10.0. The summed E-state index contributed by atoms with van der Waals surface area (Å²) in [5.41, 5.74) is 0.295. The van der Waals surface area contributed by atoms with Gasteiger partial charge < -0.3 is 15.7 Å². The zero-order valence-electron chi connectivity index (χ0n) is 10.8. The van der Waals surface area contributed by atoms with Gasteiger partial charge in [0, 0.05) is 10.5 Å². The van der Waals surface area contributed by atoms with Crippen LogP contribution in [-0.2, 0) is 4.79 Å². The van der Waals surface area contributed by atoms with Crippen LogP contribution in [0.2, 0.25) is 10.0 Å². The Hall–Kier alpha value is -0.980. The molecule has 1 aliphatic carbocycles. The lowest BCUT2D eigenvalue weighted by Crippen LogP contribution is -2.42. The number of aliphatic carboxylic acids is 1. The smallest absolute Gasteiger partial charge is 0.319 e. The number of carbonyl (C=O) groups excluding carboxylic acids is 1. The fourth-order valence-electron chi connectivity index (χ4n) is 2.41. The number of carboxylic acid groups (broad SMARTS) is 1. The van der Waals surface area contributed by atoms with Gasteiger partial charge in [0.1, 0.15) is 0 Å². The predicted molar refractivity (Wildman–Crippen MR) is 85.1 cm³/mol. The van der Waals surface area contributed by atoms with Crippen molar-refractivity contribution in [1.29, 1.82) is 0 Å². The summed E-state index contributed by atoms with van der Waals surface area (Å²) in [6, 6.07) is 2.33. The Morgan fingerprint density at radius 1 is 1.24 bits per heavy atom. The molecule has 1 fully saturated rings. The molecule has 0 aromatic heterocycles. The Bertz CT molecular complexity index is 560. The van der Waals surface area contributed by atoms with Crippen LogP contribution in [-0.4, -0.2) is 23.1 Å². The quantitative estimate of drug-likeness (QED) is 0.719. The topological polar surface area (TPSA) is 78.4 Å². The van der Waals surface area contributed by atoms with Crippen LogP contribution in [0.1, 0.15) is 19.3 Å². The lowest BCUT2D eigenvalue weighted by molar-refractivity contribution is -0.142. The molecule has 0 saturated heterocycles. The van der Waals surface area contributed by atoms with Gasteiger partial charge >= 0.3 is 12.0 Å². The van der Waals surface area contributed by atoms with Crippen LogP contribution in [0.4, 0.5) is 10.5 Å². The number of halogens is 3. The molecule has 2 rings (SSSR count). The largest absolute Gasteiger partial charge is 0.481 e. The number of amides is 2. The number of rotatable bonds is 3. The molecular formula is C13H13BrCl2N2O3. The third-order valence-electron chi connectivity index (χ3n) is 3.40. The van der Waals surface area contributed by atoms with Crippen LogP contribution >= 0.6 is 39.1 Å². The second-order valence-corrected chi connectivity index (χ2v) is 6.56. The highest BCUT2D eigenvalue weighted by molar-refractivity contribution is 9.10. The van der Waals surface area contributed by atoms with Gasteiger partial charge in [-0.05, 0) is 25.0 Å². The molecule has 1 saturated carbocycles. The first-order valence-corrected chi connectivity index (χ1v) is 7.88. The zero-order valence-corrected chi connectivity index (χ0v) is 13.9. The summed E-state index contributed by atoms with van der Waals surface area (Å²) in [4.78, 5) is 23.1. The number of carbonyl (C=O) groups is 2. The van der Waals surface area contributed by atoms with E-state index in [1.807, 2.05) is 0 Å². The molecule has 114 valence electrons. The Balaban J connectivity index is 2.04. The summed E-state index contributed by atoms with van der Waals surface area (Å²) in [7, 11) is 0. The Morgan fingerprint density at radius 3 is 2.43 bits per heavy atom. The first kappa shape index (κ1) is 16.4.